The number of aryl methyl sites for hydroxylation is 3. The minimum atomic E-state index is 1.22. The third kappa shape index (κ3) is 3.87. The van der Waals surface area contributed by atoms with E-state index in [2.05, 4.69) is 46.2 Å². The Labute approximate surface area is 107 Å². The summed E-state index contributed by atoms with van der Waals surface area (Å²) in [7, 11) is 0. The molecule has 0 saturated heterocycles. The summed E-state index contributed by atoms with van der Waals surface area (Å²) in [6, 6.07) is 4.86. The lowest BCUT2D eigenvalue weighted by atomic mass is 9.90. The van der Waals surface area contributed by atoms with E-state index < -0.39 is 0 Å². The Balaban J connectivity index is 3.14. The van der Waals surface area contributed by atoms with Crippen LogP contribution in [0.2, 0.25) is 0 Å². The van der Waals surface area contributed by atoms with E-state index in [9.17, 15) is 0 Å². The standard InChI is InChI=1S/C17H27/c1-5-9-14-12-15(10-6-2)17(8-4)16(13-14)11-7-3/h8,12-13H,5-7,9-11H2,1-4H3. The van der Waals surface area contributed by atoms with Crippen LogP contribution >= 0.6 is 0 Å². The maximum absolute atomic E-state index is 2.43. The van der Waals surface area contributed by atoms with Gasteiger partial charge in [-0.1, -0.05) is 59.1 Å². The molecule has 0 amide bonds. The molecule has 1 radical (unpaired) electrons. The summed E-state index contributed by atoms with van der Waals surface area (Å²) >= 11 is 0. The quantitative estimate of drug-likeness (QED) is 0.611. The molecule has 0 aliphatic heterocycles. The van der Waals surface area contributed by atoms with Crippen LogP contribution in [-0.4, -0.2) is 0 Å². The van der Waals surface area contributed by atoms with Crippen LogP contribution in [0, 0.1) is 6.42 Å². The second-order valence-electron chi connectivity index (χ2n) is 4.87. The van der Waals surface area contributed by atoms with Crippen LogP contribution in [0.25, 0.3) is 0 Å². The average molecular weight is 231 g/mol. The van der Waals surface area contributed by atoms with Gasteiger partial charge in [0.1, 0.15) is 0 Å². The van der Waals surface area contributed by atoms with Gasteiger partial charge in [-0.2, -0.15) is 0 Å². The molecule has 0 heterocycles. The van der Waals surface area contributed by atoms with E-state index in [0.717, 1.165) is 0 Å². The molecule has 1 aromatic rings. The first-order valence-corrected chi connectivity index (χ1v) is 7.20. The van der Waals surface area contributed by atoms with Gasteiger partial charge in [0.25, 0.3) is 0 Å². The van der Waals surface area contributed by atoms with E-state index in [-0.39, 0.29) is 0 Å². The van der Waals surface area contributed by atoms with E-state index in [1.165, 1.54) is 49.7 Å². The first-order chi connectivity index (χ1) is 8.26. The van der Waals surface area contributed by atoms with Crippen molar-refractivity contribution < 1.29 is 0 Å². The molecule has 0 aliphatic rings. The Morgan fingerprint density at radius 1 is 0.824 bits per heavy atom. The van der Waals surface area contributed by atoms with Crippen LogP contribution in [0.1, 0.15) is 69.2 Å². The summed E-state index contributed by atoms with van der Waals surface area (Å²) in [5.41, 5.74) is 6.16. The lowest BCUT2D eigenvalue weighted by molar-refractivity contribution is 0.860. The highest BCUT2D eigenvalue weighted by Crippen LogP contribution is 2.23. The van der Waals surface area contributed by atoms with Crippen molar-refractivity contribution in [1.29, 1.82) is 0 Å². The Kier molecular flexibility index (Phi) is 6.32. The highest BCUT2D eigenvalue weighted by molar-refractivity contribution is 5.43. The molecule has 0 atom stereocenters. The summed E-state index contributed by atoms with van der Waals surface area (Å²) in [6.07, 6.45) is 9.67. The van der Waals surface area contributed by atoms with Crippen molar-refractivity contribution >= 4 is 0 Å². The Morgan fingerprint density at radius 2 is 1.29 bits per heavy atom. The predicted molar refractivity (Wildman–Crippen MR) is 77.5 cm³/mol. The predicted octanol–water partition coefficient (Wildman–Crippen LogP) is 5.12. The van der Waals surface area contributed by atoms with Crippen LogP contribution in [0.15, 0.2) is 12.1 Å². The Hall–Kier alpha value is -0.780. The normalized spacial score (nSPS) is 10.8. The summed E-state index contributed by atoms with van der Waals surface area (Å²) in [6.45, 7) is 8.98. The molecule has 1 aromatic carbocycles. The maximum atomic E-state index is 2.43. The molecule has 0 aromatic heterocycles. The van der Waals surface area contributed by atoms with Crippen LogP contribution in [-0.2, 0) is 19.3 Å². The molecular formula is C17H27. The number of hydrogen-bond donors (Lipinski definition) is 0. The molecule has 0 fully saturated rings. The van der Waals surface area contributed by atoms with Crippen LogP contribution in [0.5, 0.6) is 0 Å². The van der Waals surface area contributed by atoms with Gasteiger partial charge in [-0.15, -0.1) is 0 Å². The maximum Gasteiger partial charge on any atom is -0.0118 e. The van der Waals surface area contributed by atoms with Crippen LogP contribution < -0.4 is 0 Å². The van der Waals surface area contributed by atoms with E-state index in [1.807, 2.05) is 0 Å². The van der Waals surface area contributed by atoms with Crippen molar-refractivity contribution in [2.75, 3.05) is 0 Å². The number of hydrogen-bond acceptors (Lipinski definition) is 0. The van der Waals surface area contributed by atoms with Crippen molar-refractivity contribution in [2.45, 2.75) is 66.2 Å². The van der Waals surface area contributed by atoms with Gasteiger partial charge in [0, 0.05) is 0 Å². The van der Waals surface area contributed by atoms with E-state index in [1.54, 1.807) is 11.1 Å². The highest BCUT2D eigenvalue weighted by atomic mass is 14.1. The van der Waals surface area contributed by atoms with E-state index >= 15 is 0 Å². The van der Waals surface area contributed by atoms with Crippen molar-refractivity contribution in [3.63, 3.8) is 0 Å². The molecule has 0 heteroatoms. The topological polar surface area (TPSA) is 0 Å². The molecule has 95 valence electrons. The molecule has 0 aliphatic carbocycles. The largest absolute Gasteiger partial charge is 0.0651 e. The molecular weight excluding hydrogens is 204 g/mol. The third-order valence-corrected chi connectivity index (χ3v) is 3.28. The van der Waals surface area contributed by atoms with Gasteiger partial charge in [0.05, 0.1) is 0 Å². The van der Waals surface area contributed by atoms with Gasteiger partial charge in [0.15, 0.2) is 0 Å². The second kappa shape index (κ2) is 7.53. The molecule has 0 unspecified atom stereocenters. The first kappa shape index (κ1) is 14.3. The SMILES string of the molecule is C[CH]c1c(CCC)cc(CCC)cc1CCC. The minimum Gasteiger partial charge on any atom is -0.0651 e. The third-order valence-electron chi connectivity index (χ3n) is 3.28. The number of rotatable bonds is 7. The molecule has 0 nitrogen and oxygen atoms in total. The smallest absolute Gasteiger partial charge is 0.0118 e. The lowest BCUT2D eigenvalue weighted by Gasteiger charge is -2.15. The summed E-state index contributed by atoms with van der Waals surface area (Å²) in [5.74, 6) is 0. The molecule has 0 N–H and O–H groups in total. The molecule has 1 rings (SSSR count). The van der Waals surface area contributed by atoms with Crippen molar-refractivity contribution in [2.24, 2.45) is 0 Å². The fourth-order valence-electron chi connectivity index (χ4n) is 2.61. The van der Waals surface area contributed by atoms with Gasteiger partial charge in [-0.05, 0) is 47.9 Å². The van der Waals surface area contributed by atoms with E-state index in [4.69, 9.17) is 0 Å². The zero-order valence-electron chi connectivity index (χ0n) is 12.0. The Bertz CT molecular complexity index is 309. The van der Waals surface area contributed by atoms with Crippen molar-refractivity contribution in [3.8, 4) is 0 Å². The fourth-order valence-corrected chi connectivity index (χ4v) is 2.61. The van der Waals surface area contributed by atoms with Crippen LogP contribution in [0.3, 0.4) is 0 Å². The molecule has 17 heavy (non-hydrogen) atoms. The minimum absolute atomic E-state index is 1.22. The second-order valence-corrected chi connectivity index (χ2v) is 4.87. The zero-order chi connectivity index (χ0) is 12.7. The van der Waals surface area contributed by atoms with Crippen LogP contribution in [0.4, 0.5) is 0 Å². The molecule has 0 bridgehead atoms. The summed E-state index contributed by atoms with van der Waals surface area (Å²) in [5, 5.41) is 0. The summed E-state index contributed by atoms with van der Waals surface area (Å²) < 4.78 is 0. The van der Waals surface area contributed by atoms with Gasteiger partial charge >= 0.3 is 0 Å². The lowest BCUT2D eigenvalue weighted by Crippen LogP contribution is -2.01. The zero-order valence-corrected chi connectivity index (χ0v) is 12.0. The fraction of sp³-hybridized carbons (Fsp3) is 0.588. The average Bonchev–Trinajstić information content (AvgIpc) is 2.30. The summed E-state index contributed by atoms with van der Waals surface area (Å²) in [4.78, 5) is 0. The van der Waals surface area contributed by atoms with Crippen molar-refractivity contribution in [3.05, 3.63) is 40.8 Å². The van der Waals surface area contributed by atoms with E-state index in [0.29, 0.717) is 0 Å². The monoisotopic (exact) mass is 231 g/mol. The first-order valence-electron chi connectivity index (χ1n) is 7.20. The molecule has 0 spiro atoms. The van der Waals surface area contributed by atoms with Gasteiger partial charge in [-0.3, -0.25) is 0 Å². The molecule has 0 saturated carbocycles. The highest BCUT2D eigenvalue weighted by Gasteiger charge is 2.08. The Morgan fingerprint density at radius 3 is 1.65 bits per heavy atom. The van der Waals surface area contributed by atoms with Gasteiger partial charge in [0.2, 0.25) is 0 Å². The number of benzene rings is 1. The van der Waals surface area contributed by atoms with Crippen molar-refractivity contribution in [1.82, 2.24) is 0 Å². The van der Waals surface area contributed by atoms with Gasteiger partial charge < -0.3 is 0 Å². The van der Waals surface area contributed by atoms with Gasteiger partial charge in [-0.25, -0.2) is 0 Å².